The molecule has 0 unspecified atom stereocenters. The van der Waals surface area contributed by atoms with Crippen molar-refractivity contribution in [1.29, 1.82) is 0 Å². The first-order chi connectivity index (χ1) is 39.4. The Morgan fingerprint density at radius 2 is 0.613 bits per heavy atom. The molecule has 0 saturated carbocycles. The molecule has 19 rings (SSSR count). The molecule has 370 valence electrons. The molecule has 80 heavy (non-hydrogen) atoms. The summed E-state index contributed by atoms with van der Waals surface area (Å²) in [5, 5.41) is 21.7. The van der Waals surface area contributed by atoms with E-state index in [0.29, 0.717) is 5.39 Å². The van der Waals surface area contributed by atoms with E-state index < -0.39 is 0 Å². The summed E-state index contributed by atoms with van der Waals surface area (Å²) in [6.45, 7) is 0. The van der Waals surface area contributed by atoms with Gasteiger partial charge in [0.25, 0.3) is 11.1 Å². The average molecular weight is 1090 g/mol. The second-order valence-corrected chi connectivity index (χ2v) is 25.5. The van der Waals surface area contributed by atoms with E-state index in [1.54, 1.807) is 11.3 Å². The van der Waals surface area contributed by atoms with E-state index in [2.05, 4.69) is 193 Å². The SMILES string of the molecule is O=c1c2ccccc2c2cc(-c3ccc4sc5cc(-c6ccc7c(=O)n8c9cscc9c9cc(-c%10ccc%11sc%12ccccc%12c%11c%10)cc(c7c6)c98)ccc5c4c3)cc3c4cc(-c5ccc6sc7ccccc7c6c5)ccc4n1c23. The van der Waals surface area contributed by atoms with Crippen molar-refractivity contribution < 1.29 is 0 Å². The third-order valence-electron chi connectivity index (χ3n) is 17.3. The molecule has 0 amide bonds. The molecule has 0 fully saturated rings. The Morgan fingerprint density at radius 1 is 0.237 bits per heavy atom. The molecule has 0 aliphatic rings. The first-order valence-electron chi connectivity index (χ1n) is 26.7. The molecule has 8 heterocycles. The van der Waals surface area contributed by atoms with Crippen LogP contribution in [0.3, 0.4) is 0 Å². The van der Waals surface area contributed by atoms with Gasteiger partial charge in [-0.1, -0.05) is 97.1 Å². The van der Waals surface area contributed by atoms with E-state index in [-0.39, 0.29) is 11.1 Å². The molecule has 0 bridgehead atoms. The summed E-state index contributed by atoms with van der Waals surface area (Å²) in [7, 11) is 0. The Kier molecular flexibility index (Phi) is 8.58. The molecule has 8 aromatic heterocycles. The number of aromatic nitrogens is 2. The van der Waals surface area contributed by atoms with Crippen molar-refractivity contribution in [3.05, 3.63) is 238 Å². The highest BCUT2D eigenvalue weighted by atomic mass is 32.1. The second kappa shape index (κ2) is 15.7. The van der Waals surface area contributed by atoms with Crippen LogP contribution in [0, 0.1) is 0 Å². The fraction of sp³-hybridized carbons (Fsp3) is 0. The minimum absolute atomic E-state index is 0.00693. The van der Waals surface area contributed by atoms with E-state index in [9.17, 15) is 9.59 Å². The van der Waals surface area contributed by atoms with Crippen LogP contribution in [0.4, 0.5) is 0 Å². The molecule has 0 aliphatic heterocycles. The standard InChI is InChI=1S/C72H36N2O2S4/c75-71-49-10-2-1-7-45(49)56-30-43(32-58-52-26-38(15-21-61(52)73(71)69(56)58)39-16-22-65-53(27-39)46-8-3-5-11-63(46)78-65)41-18-24-67-55(29-41)48-19-13-42(34-68(48)80-67)37-14-20-50-51(25-37)57-31-44(33-59-60-35-77-36-62(60)74(70(57)59)72(50)76)40-17-23-66-54(28-40)47-9-4-6-12-64(47)79-66/h1-36H. The van der Waals surface area contributed by atoms with Crippen LogP contribution in [-0.2, 0) is 0 Å². The van der Waals surface area contributed by atoms with Gasteiger partial charge < -0.3 is 0 Å². The lowest BCUT2D eigenvalue weighted by atomic mass is 9.94. The molecule has 19 aromatic rings. The van der Waals surface area contributed by atoms with Crippen molar-refractivity contribution in [2.24, 2.45) is 0 Å². The second-order valence-electron chi connectivity index (χ2n) is 21.5. The van der Waals surface area contributed by atoms with Crippen molar-refractivity contribution in [3.63, 3.8) is 0 Å². The van der Waals surface area contributed by atoms with E-state index in [1.165, 1.54) is 66.1 Å². The Morgan fingerprint density at radius 3 is 1.23 bits per heavy atom. The van der Waals surface area contributed by atoms with Crippen LogP contribution in [0.1, 0.15) is 0 Å². The van der Waals surface area contributed by atoms with Gasteiger partial charge >= 0.3 is 0 Å². The molecule has 0 atom stereocenters. The van der Waals surface area contributed by atoms with Gasteiger partial charge in [0.1, 0.15) is 0 Å². The summed E-state index contributed by atoms with van der Waals surface area (Å²) in [5.41, 5.74) is 12.9. The highest BCUT2D eigenvalue weighted by Gasteiger charge is 2.23. The number of benzene rings is 11. The van der Waals surface area contributed by atoms with Gasteiger partial charge in [-0.2, -0.15) is 0 Å². The summed E-state index contributed by atoms with van der Waals surface area (Å²) in [4.78, 5) is 29.2. The quantitative estimate of drug-likeness (QED) is 0.165. The summed E-state index contributed by atoms with van der Waals surface area (Å²) >= 11 is 7.13. The van der Waals surface area contributed by atoms with Gasteiger partial charge in [0.2, 0.25) is 0 Å². The largest absolute Gasteiger partial charge is 0.275 e. The zero-order chi connectivity index (χ0) is 52.2. The maximum Gasteiger partial charge on any atom is 0.263 e. The van der Waals surface area contributed by atoms with Crippen LogP contribution in [-0.4, -0.2) is 8.80 Å². The highest BCUT2D eigenvalue weighted by Crippen LogP contribution is 2.46. The number of hydrogen-bond acceptors (Lipinski definition) is 6. The molecule has 0 radical (unpaired) electrons. The monoisotopic (exact) mass is 1090 g/mol. The molecular weight excluding hydrogens is 1050 g/mol. The predicted molar refractivity (Wildman–Crippen MR) is 347 cm³/mol. The topological polar surface area (TPSA) is 43.0 Å². The molecule has 8 heteroatoms. The third kappa shape index (κ3) is 5.87. The lowest BCUT2D eigenvalue weighted by Crippen LogP contribution is -2.12. The fourth-order valence-corrected chi connectivity index (χ4v) is 17.7. The lowest BCUT2D eigenvalue weighted by molar-refractivity contribution is 1.21. The number of pyridine rings is 2. The average Bonchev–Trinajstić information content (AvgIpc) is 4.33. The van der Waals surface area contributed by atoms with Crippen LogP contribution in [0.2, 0.25) is 0 Å². The molecule has 11 aromatic carbocycles. The van der Waals surface area contributed by atoms with E-state index in [1.807, 2.05) is 67.1 Å². The van der Waals surface area contributed by atoms with Gasteiger partial charge in [-0.3, -0.25) is 18.4 Å². The van der Waals surface area contributed by atoms with E-state index >= 15 is 0 Å². The predicted octanol–water partition coefficient (Wildman–Crippen LogP) is 20.5. The third-order valence-corrected chi connectivity index (χ3v) is 21.5. The van der Waals surface area contributed by atoms with Crippen LogP contribution < -0.4 is 11.1 Å². The number of nitrogens with zero attached hydrogens (tertiary/aromatic N) is 2. The van der Waals surface area contributed by atoms with Gasteiger partial charge in [0.15, 0.2) is 0 Å². The van der Waals surface area contributed by atoms with Crippen molar-refractivity contribution in [2.45, 2.75) is 0 Å². The zero-order valence-corrected chi connectivity index (χ0v) is 45.4. The summed E-state index contributed by atoms with van der Waals surface area (Å²) in [5.74, 6) is 0. The Hall–Kier alpha value is -9.28. The first kappa shape index (κ1) is 43.7. The van der Waals surface area contributed by atoms with Crippen LogP contribution in [0.15, 0.2) is 227 Å². The number of thiophene rings is 4. The van der Waals surface area contributed by atoms with Gasteiger partial charge in [-0.25, -0.2) is 0 Å². The number of fused-ring (bicyclic) bond motifs is 19. The van der Waals surface area contributed by atoms with E-state index in [0.717, 1.165) is 109 Å². The van der Waals surface area contributed by atoms with Gasteiger partial charge in [-0.15, -0.1) is 45.3 Å². The summed E-state index contributed by atoms with van der Waals surface area (Å²) < 4.78 is 11.5. The fourth-order valence-electron chi connectivity index (χ4n) is 13.6. The van der Waals surface area contributed by atoms with E-state index in [4.69, 9.17) is 0 Å². The molecule has 4 nitrogen and oxygen atoms in total. The van der Waals surface area contributed by atoms with Crippen molar-refractivity contribution in [1.82, 2.24) is 8.80 Å². The van der Waals surface area contributed by atoms with Gasteiger partial charge in [0.05, 0.1) is 22.1 Å². The number of rotatable bonds is 4. The maximum absolute atomic E-state index is 14.6. The summed E-state index contributed by atoms with van der Waals surface area (Å²) in [6.07, 6.45) is 0. The van der Waals surface area contributed by atoms with Gasteiger partial charge in [0, 0.05) is 114 Å². The van der Waals surface area contributed by atoms with Gasteiger partial charge in [-0.05, 0) is 164 Å². The smallest absolute Gasteiger partial charge is 0.263 e. The molecular formula is C72H36N2O2S4. The Balaban J connectivity index is 0.755. The van der Waals surface area contributed by atoms with Crippen LogP contribution >= 0.6 is 45.3 Å². The highest BCUT2D eigenvalue weighted by molar-refractivity contribution is 7.26. The molecule has 0 aliphatic carbocycles. The van der Waals surface area contributed by atoms with Crippen molar-refractivity contribution in [2.75, 3.05) is 0 Å². The van der Waals surface area contributed by atoms with Crippen molar-refractivity contribution >= 4 is 182 Å². The summed E-state index contributed by atoms with van der Waals surface area (Å²) in [6, 6.07) is 75.0. The maximum atomic E-state index is 14.6. The van der Waals surface area contributed by atoms with Crippen LogP contribution in [0.25, 0.3) is 181 Å². The Bertz CT molecular complexity index is 6110. The normalized spacial score (nSPS) is 12.6. The number of hydrogen-bond donors (Lipinski definition) is 0. The Labute approximate surface area is 469 Å². The van der Waals surface area contributed by atoms with Crippen molar-refractivity contribution in [3.8, 4) is 44.5 Å². The van der Waals surface area contributed by atoms with Crippen LogP contribution in [0.5, 0.6) is 0 Å². The molecule has 0 spiro atoms. The molecule has 0 saturated heterocycles. The first-order valence-corrected chi connectivity index (χ1v) is 30.1. The molecule has 0 N–H and O–H groups in total. The minimum atomic E-state index is 0.00693. The minimum Gasteiger partial charge on any atom is -0.275 e. The lowest BCUT2D eigenvalue weighted by Gasteiger charge is -2.11. The zero-order valence-electron chi connectivity index (χ0n) is 42.1.